The normalized spacial score (nSPS) is 15.2. The van der Waals surface area contributed by atoms with Crippen LogP contribution < -0.4 is 10.2 Å². The number of nitriles is 1. The lowest BCUT2D eigenvalue weighted by Crippen LogP contribution is -2.51. The van der Waals surface area contributed by atoms with Crippen molar-refractivity contribution in [2.24, 2.45) is 0 Å². The molecule has 0 aliphatic carbocycles. The fraction of sp³-hybridized carbons (Fsp3) is 0.316. The van der Waals surface area contributed by atoms with Gasteiger partial charge in [-0.15, -0.1) is 0 Å². The van der Waals surface area contributed by atoms with Crippen LogP contribution in [0.25, 0.3) is 0 Å². The molecule has 2 aromatic rings. The van der Waals surface area contributed by atoms with Crippen molar-refractivity contribution >= 4 is 17.4 Å². The molecule has 1 saturated heterocycles. The quantitative estimate of drug-likeness (QED) is 0.915. The number of likely N-dealkylation sites (N-methyl/N-ethyl adjacent to an activating group) is 1. The molecule has 0 unspecified atom stereocenters. The van der Waals surface area contributed by atoms with Gasteiger partial charge in [0.25, 0.3) is 0 Å². The highest BCUT2D eigenvalue weighted by Crippen LogP contribution is 2.19. The van der Waals surface area contributed by atoms with E-state index in [1.807, 2.05) is 6.07 Å². The predicted molar refractivity (Wildman–Crippen MR) is 101 cm³/mol. The Labute approximate surface area is 153 Å². The maximum Gasteiger partial charge on any atom is 0.327 e. The summed E-state index contributed by atoms with van der Waals surface area (Å²) in [5, 5.41) is 12.1. The molecule has 1 fully saturated rings. The Balaban J connectivity index is 1.80. The smallest absolute Gasteiger partial charge is 0.306 e. The van der Waals surface area contributed by atoms with Gasteiger partial charge in [-0.25, -0.2) is 4.79 Å². The van der Waals surface area contributed by atoms with E-state index in [4.69, 9.17) is 0 Å². The van der Waals surface area contributed by atoms with Gasteiger partial charge in [0.2, 0.25) is 0 Å². The van der Waals surface area contributed by atoms with E-state index in [1.54, 1.807) is 47.6 Å². The summed E-state index contributed by atoms with van der Waals surface area (Å²) >= 11 is 0. The first-order valence-corrected chi connectivity index (χ1v) is 8.55. The molecule has 0 spiro atoms. The van der Waals surface area contributed by atoms with Crippen molar-refractivity contribution in [2.45, 2.75) is 0 Å². The maximum atomic E-state index is 12.9. The molecule has 0 radical (unpaired) electrons. The maximum absolute atomic E-state index is 12.9. The third-order valence-electron chi connectivity index (χ3n) is 4.38. The van der Waals surface area contributed by atoms with E-state index in [2.05, 4.69) is 33.2 Å². The molecule has 2 amide bonds. The number of carbonyl (C=O) groups is 1. The molecule has 7 heteroatoms. The fourth-order valence-corrected chi connectivity index (χ4v) is 2.82. The van der Waals surface area contributed by atoms with Gasteiger partial charge in [0, 0.05) is 38.1 Å². The van der Waals surface area contributed by atoms with Crippen molar-refractivity contribution in [3.05, 3.63) is 54.4 Å². The van der Waals surface area contributed by atoms with Crippen LogP contribution >= 0.6 is 0 Å². The van der Waals surface area contributed by atoms with E-state index < -0.39 is 0 Å². The molecule has 0 atom stereocenters. The minimum atomic E-state index is -0.244. The molecule has 0 bridgehead atoms. The number of nitrogens with zero attached hydrogens (tertiary/aromatic N) is 5. The Morgan fingerprint density at radius 2 is 2.08 bits per heavy atom. The van der Waals surface area contributed by atoms with Crippen LogP contribution in [0, 0.1) is 11.3 Å². The van der Waals surface area contributed by atoms with Crippen LogP contribution in [-0.2, 0) is 0 Å². The average Bonchev–Trinajstić information content (AvgIpc) is 2.68. The molecule has 2 heterocycles. The van der Waals surface area contributed by atoms with Crippen LogP contribution in [0.3, 0.4) is 0 Å². The summed E-state index contributed by atoms with van der Waals surface area (Å²) in [6.07, 6.45) is 3.27. The first-order valence-electron chi connectivity index (χ1n) is 8.55. The molecule has 1 aliphatic rings. The third kappa shape index (κ3) is 4.57. The van der Waals surface area contributed by atoms with Crippen molar-refractivity contribution in [2.75, 3.05) is 50.1 Å². The lowest BCUT2D eigenvalue weighted by atomic mass is 10.2. The fourth-order valence-electron chi connectivity index (χ4n) is 2.82. The standard InChI is InChI=1S/C19H22N6O/c1-23-8-10-24(11-9-23)15-25(18-6-2-4-16(12-18)13-20)19(26)22-17-5-3-7-21-14-17/h2-7,12,14H,8-11,15H2,1H3,(H,22,26). The van der Waals surface area contributed by atoms with Crippen LogP contribution in [0.15, 0.2) is 48.8 Å². The van der Waals surface area contributed by atoms with Crippen LogP contribution in [0.5, 0.6) is 0 Å². The molecule has 1 aliphatic heterocycles. The van der Waals surface area contributed by atoms with Gasteiger partial charge in [-0.05, 0) is 37.4 Å². The molecule has 3 rings (SSSR count). The number of pyridine rings is 1. The number of hydrogen-bond acceptors (Lipinski definition) is 5. The number of carbonyl (C=O) groups excluding carboxylic acids is 1. The minimum Gasteiger partial charge on any atom is -0.306 e. The Kier molecular flexibility index (Phi) is 5.79. The number of anilines is 2. The van der Waals surface area contributed by atoms with Gasteiger partial charge in [0.15, 0.2) is 0 Å². The summed E-state index contributed by atoms with van der Waals surface area (Å²) in [7, 11) is 2.10. The number of benzene rings is 1. The first-order chi connectivity index (χ1) is 12.7. The van der Waals surface area contributed by atoms with Gasteiger partial charge >= 0.3 is 6.03 Å². The topological polar surface area (TPSA) is 75.5 Å². The lowest BCUT2D eigenvalue weighted by Gasteiger charge is -2.36. The van der Waals surface area contributed by atoms with Gasteiger partial charge in [-0.3, -0.25) is 14.8 Å². The molecule has 7 nitrogen and oxygen atoms in total. The van der Waals surface area contributed by atoms with Crippen molar-refractivity contribution in [3.63, 3.8) is 0 Å². The van der Waals surface area contributed by atoms with E-state index in [9.17, 15) is 10.1 Å². The first kappa shape index (κ1) is 17.9. The molecule has 26 heavy (non-hydrogen) atoms. The zero-order chi connectivity index (χ0) is 18.4. The number of rotatable bonds is 4. The van der Waals surface area contributed by atoms with Gasteiger partial charge in [0.1, 0.15) is 0 Å². The van der Waals surface area contributed by atoms with Crippen molar-refractivity contribution < 1.29 is 4.79 Å². The van der Waals surface area contributed by atoms with Crippen molar-refractivity contribution in [3.8, 4) is 6.07 Å². The Morgan fingerprint density at radius 3 is 2.77 bits per heavy atom. The predicted octanol–water partition coefficient (Wildman–Crippen LogP) is 2.20. The summed E-state index contributed by atoms with van der Waals surface area (Å²) in [4.78, 5) is 23.1. The zero-order valence-electron chi connectivity index (χ0n) is 14.8. The molecular weight excluding hydrogens is 328 g/mol. The largest absolute Gasteiger partial charge is 0.327 e. The highest BCUT2D eigenvalue weighted by molar-refractivity contribution is 6.01. The van der Waals surface area contributed by atoms with Gasteiger partial charge < -0.3 is 10.2 Å². The highest BCUT2D eigenvalue weighted by atomic mass is 16.2. The Hall–Kier alpha value is -2.95. The molecule has 1 aromatic heterocycles. The van der Waals surface area contributed by atoms with Gasteiger partial charge in [0.05, 0.1) is 30.2 Å². The van der Waals surface area contributed by atoms with E-state index in [0.717, 1.165) is 26.2 Å². The van der Waals surface area contributed by atoms with Crippen LogP contribution in [-0.4, -0.2) is 60.7 Å². The van der Waals surface area contributed by atoms with E-state index in [0.29, 0.717) is 23.6 Å². The number of aromatic nitrogens is 1. The highest BCUT2D eigenvalue weighted by Gasteiger charge is 2.22. The van der Waals surface area contributed by atoms with E-state index >= 15 is 0 Å². The Morgan fingerprint density at radius 1 is 1.27 bits per heavy atom. The van der Waals surface area contributed by atoms with Crippen LogP contribution in [0.2, 0.25) is 0 Å². The van der Waals surface area contributed by atoms with Crippen LogP contribution in [0.4, 0.5) is 16.2 Å². The number of nitrogens with one attached hydrogen (secondary N) is 1. The van der Waals surface area contributed by atoms with Crippen molar-refractivity contribution in [1.29, 1.82) is 5.26 Å². The second-order valence-electron chi connectivity index (χ2n) is 6.32. The van der Waals surface area contributed by atoms with E-state index in [-0.39, 0.29) is 6.03 Å². The second kappa shape index (κ2) is 8.43. The molecule has 1 aromatic carbocycles. The summed E-state index contributed by atoms with van der Waals surface area (Å²) in [6.45, 7) is 4.19. The number of amides is 2. The zero-order valence-corrected chi connectivity index (χ0v) is 14.8. The summed E-state index contributed by atoms with van der Waals surface area (Å²) < 4.78 is 0. The molecule has 1 N–H and O–H groups in total. The summed E-state index contributed by atoms with van der Waals surface area (Å²) in [5.41, 5.74) is 1.86. The monoisotopic (exact) mass is 350 g/mol. The molecule has 0 saturated carbocycles. The number of urea groups is 1. The summed E-state index contributed by atoms with van der Waals surface area (Å²) in [6, 6.07) is 12.6. The number of piperazine rings is 1. The number of hydrogen-bond donors (Lipinski definition) is 1. The van der Waals surface area contributed by atoms with Gasteiger partial charge in [-0.2, -0.15) is 5.26 Å². The van der Waals surface area contributed by atoms with Crippen molar-refractivity contribution in [1.82, 2.24) is 14.8 Å². The molecule has 134 valence electrons. The minimum absolute atomic E-state index is 0.244. The van der Waals surface area contributed by atoms with E-state index in [1.165, 1.54) is 0 Å². The second-order valence-corrected chi connectivity index (χ2v) is 6.32. The third-order valence-corrected chi connectivity index (χ3v) is 4.38. The Bertz CT molecular complexity index is 780. The van der Waals surface area contributed by atoms with Crippen LogP contribution in [0.1, 0.15) is 5.56 Å². The lowest BCUT2D eigenvalue weighted by molar-refractivity contribution is 0.155. The SMILES string of the molecule is CN1CCN(CN(C(=O)Nc2cccnc2)c2cccc(C#N)c2)CC1. The molecular formula is C19H22N6O. The van der Waals surface area contributed by atoms with Gasteiger partial charge in [-0.1, -0.05) is 6.07 Å². The summed E-state index contributed by atoms with van der Waals surface area (Å²) in [5.74, 6) is 0. The average molecular weight is 350 g/mol.